The summed E-state index contributed by atoms with van der Waals surface area (Å²) in [6, 6.07) is 9.23. The second kappa shape index (κ2) is 40.5. The van der Waals surface area contributed by atoms with E-state index in [1.807, 2.05) is 65.0 Å². The zero-order valence-electron chi connectivity index (χ0n) is 55.2. The van der Waals surface area contributed by atoms with Gasteiger partial charge in [0.15, 0.2) is 11.8 Å². The van der Waals surface area contributed by atoms with Gasteiger partial charge >= 0.3 is 19.8 Å². The molecule has 2 atom stereocenters. The highest BCUT2D eigenvalue weighted by Crippen LogP contribution is 2.49. The average molecular weight is 1320 g/mol. The molecule has 0 aromatic heterocycles. The first kappa shape index (κ1) is 77.9. The Morgan fingerprint density at radius 1 is 0.611 bits per heavy atom. The van der Waals surface area contributed by atoms with Crippen molar-refractivity contribution < 1.29 is 77.6 Å². The van der Waals surface area contributed by atoms with Gasteiger partial charge in [-0.15, -0.1) is 0 Å². The molecule has 19 nitrogen and oxygen atoms in total. The first-order valence-corrected chi connectivity index (χ1v) is 37.8. The Morgan fingerprint density at radius 3 is 1.70 bits per heavy atom. The second-order valence-electron chi connectivity index (χ2n) is 24.9. The Bertz CT molecular complexity index is 2960. The third kappa shape index (κ3) is 27.6. The van der Waals surface area contributed by atoms with Gasteiger partial charge in [0.05, 0.1) is 41.6 Å². The molecule has 2 heterocycles. The molecule has 0 saturated heterocycles. The van der Waals surface area contributed by atoms with E-state index in [2.05, 4.69) is 28.6 Å². The number of esters is 2. The normalized spacial score (nSPS) is 16.1. The van der Waals surface area contributed by atoms with Gasteiger partial charge in [0, 0.05) is 73.3 Å². The summed E-state index contributed by atoms with van der Waals surface area (Å²) in [6.45, 7) is 14.7. The number of anilines is 1. The van der Waals surface area contributed by atoms with Crippen LogP contribution < -0.4 is 10.2 Å². The number of benzene rings is 2. The fraction of sp³-hybridized carbons (Fsp3) is 0.676. The van der Waals surface area contributed by atoms with Gasteiger partial charge in [0.25, 0.3) is 20.2 Å². The van der Waals surface area contributed by atoms with Crippen LogP contribution in [0.3, 0.4) is 0 Å². The minimum atomic E-state index is -4.63. The number of hydrogen-bond donors (Lipinski definition) is 4. The van der Waals surface area contributed by atoms with Crippen molar-refractivity contribution in [3.05, 3.63) is 83.6 Å². The number of carbonyl (C=O) groups excluding carboxylic acids is 3. The number of phosphoric acid groups is 1. The number of unbranched alkanes of at least 4 members (excludes halogenated alkanes) is 22. The molecule has 22 heteroatoms. The summed E-state index contributed by atoms with van der Waals surface area (Å²) in [5.41, 5.74) is 3.80. The van der Waals surface area contributed by atoms with Crippen molar-refractivity contribution in [3.63, 3.8) is 0 Å². The molecule has 4 N–H and O–H groups in total. The van der Waals surface area contributed by atoms with Gasteiger partial charge in [-0.3, -0.25) is 32.5 Å². The summed E-state index contributed by atoms with van der Waals surface area (Å²) in [6.07, 6.45) is 36.3. The molecule has 2 aromatic rings. The van der Waals surface area contributed by atoms with E-state index in [0.29, 0.717) is 45.2 Å². The summed E-state index contributed by atoms with van der Waals surface area (Å²) >= 11 is 0. The van der Waals surface area contributed by atoms with Crippen molar-refractivity contribution in [3.8, 4) is 0 Å². The number of rotatable bonds is 49. The number of fused-ring (bicyclic) bond motifs is 2. The minimum absolute atomic E-state index is 0.0796. The quantitative estimate of drug-likeness (QED) is 0.0120. The van der Waals surface area contributed by atoms with Crippen molar-refractivity contribution >= 4 is 63.0 Å². The fourth-order valence-corrected chi connectivity index (χ4v) is 13.4. The molecule has 0 spiro atoms. The topological polar surface area (TPSA) is 262 Å². The summed E-state index contributed by atoms with van der Waals surface area (Å²) in [5.74, 6) is -1.11. The van der Waals surface area contributed by atoms with Crippen LogP contribution in [0, 0.1) is 0 Å². The van der Waals surface area contributed by atoms with E-state index in [-0.39, 0.29) is 67.9 Å². The molecule has 4 rings (SSSR count). The number of hydrogen-bond acceptors (Lipinski definition) is 14. The molecule has 508 valence electrons. The summed E-state index contributed by atoms with van der Waals surface area (Å²) in [5, 5.41) is 2.83. The maximum atomic E-state index is 12.9. The van der Waals surface area contributed by atoms with E-state index in [1.165, 1.54) is 114 Å². The van der Waals surface area contributed by atoms with Gasteiger partial charge in [-0.1, -0.05) is 174 Å². The third-order valence-electron chi connectivity index (χ3n) is 16.8. The van der Waals surface area contributed by atoms with E-state index in [1.54, 1.807) is 12.1 Å². The lowest BCUT2D eigenvalue weighted by Crippen LogP contribution is -2.29. The Balaban J connectivity index is 1.20. The molecule has 0 bridgehead atoms. The summed E-state index contributed by atoms with van der Waals surface area (Å²) < 4.78 is 110. The molecular weight excluding hydrogens is 1210 g/mol. The van der Waals surface area contributed by atoms with Gasteiger partial charge in [-0.2, -0.15) is 21.4 Å². The van der Waals surface area contributed by atoms with Gasteiger partial charge in [-0.05, 0) is 88.4 Å². The summed E-state index contributed by atoms with van der Waals surface area (Å²) in [4.78, 5) is 50.6. The van der Waals surface area contributed by atoms with E-state index in [9.17, 15) is 49.8 Å². The molecule has 0 saturated carbocycles. The molecule has 0 radical (unpaired) electrons. The fourth-order valence-electron chi connectivity index (χ4n) is 11.7. The highest BCUT2D eigenvalue weighted by Gasteiger charge is 2.45. The lowest BCUT2D eigenvalue weighted by molar-refractivity contribution is -0.438. The van der Waals surface area contributed by atoms with Crippen LogP contribution in [0.1, 0.15) is 239 Å². The average Bonchev–Trinajstić information content (AvgIpc) is 1.81. The van der Waals surface area contributed by atoms with Crippen molar-refractivity contribution in [2.24, 2.45) is 0 Å². The number of likely N-dealkylation sites (N-methyl/N-ethyl adjacent to an activating group) is 1. The highest BCUT2D eigenvalue weighted by atomic mass is 32.2. The van der Waals surface area contributed by atoms with Crippen LogP contribution in [0.2, 0.25) is 0 Å². The molecule has 0 fully saturated rings. The lowest BCUT2D eigenvalue weighted by atomic mass is 9.81. The molecule has 2 aliphatic rings. The number of nitrogens with one attached hydrogen (secondary N) is 1. The van der Waals surface area contributed by atoms with Crippen LogP contribution in [0.25, 0.3) is 0 Å². The van der Waals surface area contributed by atoms with Crippen LogP contribution in [-0.2, 0) is 73.3 Å². The van der Waals surface area contributed by atoms with Gasteiger partial charge < -0.3 is 29.3 Å². The predicted octanol–water partition coefficient (Wildman–Crippen LogP) is 15.1. The molecule has 0 aliphatic carbocycles. The Hall–Kier alpha value is -4.57. The minimum Gasteiger partial charge on any atom is -0.462 e. The molecule has 2 unspecified atom stereocenters. The van der Waals surface area contributed by atoms with E-state index in [0.717, 1.165) is 72.4 Å². The number of amides is 1. The number of phosphoric ester groups is 1. The van der Waals surface area contributed by atoms with Gasteiger partial charge in [0.1, 0.15) is 13.2 Å². The third-order valence-corrected chi connectivity index (χ3v) is 19.5. The van der Waals surface area contributed by atoms with Crippen LogP contribution in [0.15, 0.2) is 82.3 Å². The van der Waals surface area contributed by atoms with Crippen molar-refractivity contribution in [2.75, 3.05) is 57.6 Å². The highest BCUT2D eigenvalue weighted by molar-refractivity contribution is 7.86. The first-order valence-electron chi connectivity index (χ1n) is 33.4. The largest absolute Gasteiger partial charge is 0.472 e. The number of ether oxygens (including phenoxy) is 3. The molecule has 1 amide bonds. The van der Waals surface area contributed by atoms with Gasteiger partial charge in [0.2, 0.25) is 11.6 Å². The summed E-state index contributed by atoms with van der Waals surface area (Å²) in [7, 11) is -13.5. The molecule has 2 aromatic carbocycles. The first-order chi connectivity index (χ1) is 42.9. The van der Waals surface area contributed by atoms with Crippen molar-refractivity contribution in [1.82, 2.24) is 5.32 Å². The number of allylic oxidation sites excluding steroid dienone is 6. The Labute approximate surface area is 539 Å². The monoisotopic (exact) mass is 1320 g/mol. The van der Waals surface area contributed by atoms with Crippen LogP contribution in [-0.4, -0.2) is 118 Å². The predicted molar refractivity (Wildman–Crippen MR) is 355 cm³/mol. The van der Waals surface area contributed by atoms with Crippen LogP contribution in [0.5, 0.6) is 0 Å². The zero-order chi connectivity index (χ0) is 66.1. The smallest absolute Gasteiger partial charge is 0.462 e. The van der Waals surface area contributed by atoms with Crippen molar-refractivity contribution in [2.45, 2.75) is 255 Å². The molecule has 2 aliphatic heterocycles. The molecular formula is C68H109N3O16PS2+. The lowest BCUT2D eigenvalue weighted by Gasteiger charge is -2.25. The van der Waals surface area contributed by atoms with Crippen molar-refractivity contribution in [1.29, 1.82) is 0 Å². The van der Waals surface area contributed by atoms with E-state index >= 15 is 0 Å². The standard InChI is InChI=1S/C68H108N3O16PS2/c1-8-11-13-15-17-19-21-23-25-27-34-40-65(73)84-53-55(87-66(74)41-35-28-26-24-22-20-18-16-14-12-9-2)54-86-88(75,76)85-50-49-83-48-46-69-64(72)39-33-30-36-47-71-61-45-43-57(90(80,81)82)52-59(61)68(6,7)63(71)38-32-29-31-37-62-67(4,5)58-51-56(89(77,78)79)42-44-60(58)70(62)10-3/h29,31-32,37-38,42-45,51-52,55H,8-28,30,33-36,39-41,46-50,53-54H2,1-7H3,(H3-,69,72,75,76,77,78,79,80,81,82)/p+1. The van der Waals surface area contributed by atoms with E-state index in [4.69, 9.17) is 23.3 Å². The maximum Gasteiger partial charge on any atom is 0.472 e. The SMILES string of the molecule is CCCCCCCCCCCCCC(=O)OCC(COP(=O)(O)OCCOCCNC(=O)CCCCC[N+]1=C(/C=C/C=C/C=C2\N(CC)c3ccc(S(=O)(=O)O)cc3C2(C)C)C(C)(C)c2cc(S(=O)(=O)O)ccc21)OC(=O)CCCCCCCCCCCCC. The number of carbonyl (C=O) groups is 3. The van der Waals surface area contributed by atoms with E-state index < -0.39 is 63.5 Å². The maximum absolute atomic E-state index is 12.9. The molecule has 90 heavy (non-hydrogen) atoms. The second-order valence-corrected chi connectivity index (χ2v) is 29.2. The zero-order valence-corrected chi connectivity index (χ0v) is 57.7. The van der Waals surface area contributed by atoms with Crippen LogP contribution in [0.4, 0.5) is 11.4 Å². The van der Waals surface area contributed by atoms with Crippen LogP contribution >= 0.6 is 7.82 Å². The Morgan fingerprint density at radius 2 is 1.13 bits per heavy atom. The Kier molecular flexibility index (Phi) is 35.1. The number of nitrogens with zero attached hydrogens (tertiary/aromatic N) is 2. The van der Waals surface area contributed by atoms with Gasteiger partial charge in [-0.25, -0.2) is 4.57 Å².